The largest absolute Gasteiger partial charge is 0.484 e. The van der Waals surface area contributed by atoms with E-state index in [0.29, 0.717) is 12.3 Å². The van der Waals surface area contributed by atoms with Gasteiger partial charge in [-0.05, 0) is 44.9 Å². The Morgan fingerprint density at radius 1 is 1.27 bits per heavy atom. The Balaban J connectivity index is 2.40. The zero-order chi connectivity index (χ0) is 16.6. The Bertz CT molecular complexity index is 448. The standard InChI is InChI=1S/C17H28N2O3/c1-5-14(11-20)18-10-13-6-8-15(9-7-13)22-12-16(21)19-17(2,3)4/h6-9,14,18,20H,5,10-12H2,1-4H3,(H,19,21)/t14-/m0/s1. The monoisotopic (exact) mass is 308 g/mol. The third-order valence-electron chi connectivity index (χ3n) is 3.12. The smallest absolute Gasteiger partial charge is 0.258 e. The molecule has 124 valence electrons. The molecular formula is C17H28N2O3. The number of rotatable bonds is 8. The maximum Gasteiger partial charge on any atom is 0.258 e. The summed E-state index contributed by atoms with van der Waals surface area (Å²) in [5.74, 6) is 0.536. The highest BCUT2D eigenvalue weighted by atomic mass is 16.5. The van der Waals surface area contributed by atoms with Gasteiger partial charge >= 0.3 is 0 Å². The van der Waals surface area contributed by atoms with Crippen LogP contribution in [0.3, 0.4) is 0 Å². The molecule has 5 heteroatoms. The molecule has 0 saturated carbocycles. The molecule has 1 rings (SSSR count). The number of benzene rings is 1. The molecule has 1 amide bonds. The van der Waals surface area contributed by atoms with Crippen LogP contribution in [0.15, 0.2) is 24.3 Å². The number of hydrogen-bond acceptors (Lipinski definition) is 4. The van der Waals surface area contributed by atoms with E-state index in [4.69, 9.17) is 9.84 Å². The lowest BCUT2D eigenvalue weighted by Gasteiger charge is -2.20. The zero-order valence-corrected chi connectivity index (χ0v) is 14.0. The minimum atomic E-state index is -0.251. The van der Waals surface area contributed by atoms with Gasteiger partial charge in [-0.15, -0.1) is 0 Å². The van der Waals surface area contributed by atoms with E-state index in [1.165, 1.54) is 0 Å². The van der Waals surface area contributed by atoms with Crippen molar-refractivity contribution in [2.75, 3.05) is 13.2 Å². The summed E-state index contributed by atoms with van der Waals surface area (Å²) in [4.78, 5) is 11.7. The van der Waals surface area contributed by atoms with Crippen LogP contribution in [0.4, 0.5) is 0 Å². The van der Waals surface area contributed by atoms with Crippen molar-refractivity contribution in [3.63, 3.8) is 0 Å². The summed E-state index contributed by atoms with van der Waals surface area (Å²) in [6, 6.07) is 7.72. The second kappa shape index (κ2) is 8.76. The SMILES string of the molecule is CC[C@@H](CO)NCc1ccc(OCC(=O)NC(C)(C)C)cc1. The van der Waals surface area contributed by atoms with E-state index in [1.54, 1.807) is 0 Å². The average molecular weight is 308 g/mol. The second-order valence-electron chi connectivity index (χ2n) is 6.40. The fourth-order valence-electron chi connectivity index (χ4n) is 1.91. The molecule has 0 aliphatic carbocycles. The number of hydrogen-bond donors (Lipinski definition) is 3. The fraction of sp³-hybridized carbons (Fsp3) is 0.588. The lowest BCUT2D eigenvalue weighted by molar-refractivity contribution is -0.124. The molecule has 22 heavy (non-hydrogen) atoms. The Labute approximate surface area is 133 Å². The van der Waals surface area contributed by atoms with E-state index >= 15 is 0 Å². The van der Waals surface area contributed by atoms with Crippen LogP contribution < -0.4 is 15.4 Å². The highest BCUT2D eigenvalue weighted by molar-refractivity contribution is 5.78. The van der Waals surface area contributed by atoms with Crippen molar-refractivity contribution in [3.05, 3.63) is 29.8 Å². The molecule has 0 aromatic heterocycles. The first-order valence-electron chi connectivity index (χ1n) is 7.71. The Hall–Kier alpha value is -1.59. The van der Waals surface area contributed by atoms with Crippen LogP contribution in [0.2, 0.25) is 0 Å². The molecule has 0 heterocycles. The van der Waals surface area contributed by atoms with Crippen LogP contribution in [0, 0.1) is 0 Å². The normalized spacial score (nSPS) is 12.8. The molecule has 0 fully saturated rings. The van der Waals surface area contributed by atoms with Gasteiger partial charge in [-0.2, -0.15) is 0 Å². The number of amides is 1. The summed E-state index contributed by atoms with van der Waals surface area (Å²) < 4.78 is 5.46. The van der Waals surface area contributed by atoms with Crippen LogP contribution in [0.5, 0.6) is 5.75 Å². The van der Waals surface area contributed by atoms with Gasteiger partial charge in [0.2, 0.25) is 0 Å². The topological polar surface area (TPSA) is 70.6 Å². The molecule has 3 N–H and O–H groups in total. The summed E-state index contributed by atoms with van der Waals surface area (Å²) in [7, 11) is 0. The summed E-state index contributed by atoms with van der Waals surface area (Å²) in [5, 5.41) is 15.3. The molecule has 0 saturated heterocycles. The van der Waals surface area contributed by atoms with E-state index < -0.39 is 0 Å². The maximum absolute atomic E-state index is 11.7. The van der Waals surface area contributed by atoms with Gasteiger partial charge in [0.05, 0.1) is 6.61 Å². The molecule has 0 aliphatic heterocycles. The number of carbonyl (C=O) groups is 1. The molecule has 0 radical (unpaired) electrons. The van der Waals surface area contributed by atoms with Crippen molar-refractivity contribution >= 4 is 5.91 Å². The van der Waals surface area contributed by atoms with Crippen molar-refractivity contribution in [2.45, 2.75) is 52.2 Å². The van der Waals surface area contributed by atoms with Crippen molar-refractivity contribution < 1.29 is 14.6 Å². The Morgan fingerprint density at radius 2 is 1.91 bits per heavy atom. The van der Waals surface area contributed by atoms with Crippen LogP contribution in [-0.4, -0.2) is 35.8 Å². The number of aliphatic hydroxyl groups excluding tert-OH is 1. The number of ether oxygens (including phenoxy) is 1. The van der Waals surface area contributed by atoms with E-state index in [-0.39, 0.29) is 30.7 Å². The molecule has 0 unspecified atom stereocenters. The minimum Gasteiger partial charge on any atom is -0.484 e. The quantitative estimate of drug-likeness (QED) is 0.685. The summed E-state index contributed by atoms with van der Waals surface area (Å²) in [5.41, 5.74) is 0.858. The second-order valence-corrected chi connectivity index (χ2v) is 6.40. The summed E-state index contributed by atoms with van der Waals surface area (Å²) >= 11 is 0. The highest BCUT2D eigenvalue weighted by Gasteiger charge is 2.13. The lowest BCUT2D eigenvalue weighted by Crippen LogP contribution is -2.43. The molecular weight excluding hydrogens is 280 g/mol. The predicted octanol–water partition coefficient (Wildman–Crippen LogP) is 1.84. The first kappa shape index (κ1) is 18.5. The van der Waals surface area contributed by atoms with E-state index in [1.807, 2.05) is 52.0 Å². The summed E-state index contributed by atoms with van der Waals surface area (Å²) in [6.45, 7) is 8.68. The summed E-state index contributed by atoms with van der Waals surface area (Å²) in [6.07, 6.45) is 0.889. The van der Waals surface area contributed by atoms with Crippen LogP contribution in [0.1, 0.15) is 39.7 Å². The molecule has 0 spiro atoms. The van der Waals surface area contributed by atoms with Crippen molar-refractivity contribution in [1.29, 1.82) is 0 Å². The lowest BCUT2D eigenvalue weighted by atomic mass is 10.1. The van der Waals surface area contributed by atoms with E-state index in [9.17, 15) is 4.79 Å². The number of carbonyl (C=O) groups excluding carboxylic acids is 1. The van der Waals surface area contributed by atoms with Crippen molar-refractivity contribution in [1.82, 2.24) is 10.6 Å². The van der Waals surface area contributed by atoms with Crippen molar-refractivity contribution in [3.8, 4) is 5.75 Å². The van der Waals surface area contributed by atoms with Gasteiger partial charge in [0.25, 0.3) is 5.91 Å². The molecule has 5 nitrogen and oxygen atoms in total. The van der Waals surface area contributed by atoms with Gasteiger partial charge in [0, 0.05) is 18.1 Å². The average Bonchev–Trinajstić information content (AvgIpc) is 2.45. The van der Waals surface area contributed by atoms with Crippen LogP contribution in [0.25, 0.3) is 0 Å². The van der Waals surface area contributed by atoms with Gasteiger partial charge in [-0.3, -0.25) is 4.79 Å². The molecule has 0 aliphatic rings. The number of nitrogens with one attached hydrogen (secondary N) is 2. The fourth-order valence-corrected chi connectivity index (χ4v) is 1.91. The van der Waals surface area contributed by atoms with Gasteiger partial charge in [-0.25, -0.2) is 0 Å². The van der Waals surface area contributed by atoms with Crippen molar-refractivity contribution in [2.24, 2.45) is 0 Å². The Kier molecular flexibility index (Phi) is 7.35. The highest BCUT2D eigenvalue weighted by Crippen LogP contribution is 2.12. The first-order chi connectivity index (χ1) is 10.3. The third-order valence-corrected chi connectivity index (χ3v) is 3.12. The predicted molar refractivity (Wildman–Crippen MR) is 87.8 cm³/mol. The third kappa shape index (κ3) is 7.43. The van der Waals surface area contributed by atoms with E-state index in [0.717, 1.165) is 12.0 Å². The van der Waals surface area contributed by atoms with Crippen LogP contribution in [-0.2, 0) is 11.3 Å². The zero-order valence-electron chi connectivity index (χ0n) is 14.0. The van der Waals surface area contributed by atoms with Gasteiger partial charge in [0.1, 0.15) is 5.75 Å². The Morgan fingerprint density at radius 3 is 2.41 bits per heavy atom. The van der Waals surface area contributed by atoms with Crippen LogP contribution >= 0.6 is 0 Å². The number of aliphatic hydroxyl groups is 1. The molecule has 1 aromatic carbocycles. The molecule has 0 bridgehead atoms. The van der Waals surface area contributed by atoms with E-state index in [2.05, 4.69) is 10.6 Å². The first-order valence-corrected chi connectivity index (χ1v) is 7.71. The maximum atomic E-state index is 11.7. The van der Waals surface area contributed by atoms with Gasteiger partial charge in [-0.1, -0.05) is 19.1 Å². The minimum absolute atomic E-state index is 0.0112. The molecule has 1 atom stereocenters. The molecule has 1 aromatic rings. The van der Waals surface area contributed by atoms with Gasteiger partial charge in [0.15, 0.2) is 6.61 Å². The van der Waals surface area contributed by atoms with Gasteiger partial charge < -0.3 is 20.5 Å².